The molecule has 0 aliphatic carbocycles. The molecule has 0 radical (unpaired) electrons. The molecular formula is C19H21ClINO2. The lowest BCUT2D eigenvalue weighted by Gasteiger charge is -2.28. The van der Waals surface area contributed by atoms with Crippen LogP contribution in [0.1, 0.15) is 5.76 Å². The Balaban J connectivity index is 0.00000208. The largest absolute Gasteiger partial charge is 1.00 e. The predicted octanol–water partition coefficient (Wildman–Crippen LogP) is 1.75. The number of ether oxygens (including phenoxy) is 1. The van der Waals surface area contributed by atoms with Crippen LogP contribution in [0.3, 0.4) is 0 Å². The van der Waals surface area contributed by atoms with Crippen molar-refractivity contribution in [2.45, 2.75) is 6.54 Å². The van der Waals surface area contributed by atoms with E-state index in [2.05, 4.69) is 14.1 Å². The highest BCUT2D eigenvalue weighted by Gasteiger charge is 2.18. The van der Waals surface area contributed by atoms with Gasteiger partial charge in [0.2, 0.25) is 0 Å². The summed E-state index contributed by atoms with van der Waals surface area (Å²) in [4.78, 5) is 0. The maximum absolute atomic E-state index is 6.46. The van der Waals surface area contributed by atoms with Gasteiger partial charge in [-0.25, -0.2) is 0 Å². The Morgan fingerprint density at radius 1 is 1.04 bits per heavy atom. The lowest BCUT2D eigenvalue weighted by atomic mass is 10.1. The number of nitrogens with zero attached hydrogens (tertiary/aromatic N) is 1. The normalized spacial score (nSPS) is 11.3. The van der Waals surface area contributed by atoms with Crippen LogP contribution in [0.2, 0.25) is 5.02 Å². The van der Waals surface area contributed by atoms with Gasteiger partial charge < -0.3 is 37.6 Å². The zero-order valence-electron chi connectivity index (χ0n) is 13.8. The highest BCUT2D eigenvalue weighted by atomic mass is 127. The quantitative estimate of drug-likeness (QED) is 0.416. The Hall–Kier alpha value is -1.24. The molecule has 24 heavy (non-hydrogen) atoms. The van der Waals surface area contributed by atoms with Crippen LogP contribution >= 0.6 is 11.6 Å². The molecule has 0 aliphatic heterocycles. The van der Waals surface area contributed by atoms with Gasteiger partial charge in [-0.15, -0.1) is 0 Å². The molecule has 0 atom stereocenters. The number of benzene rings is 2. The summed E-state index contributed by atoms with van der Waals surface area (Å²) in [6.45, 7) is 2.30. The molecule has 128 valence electrons. The van der Waals surface area contributed by atoms with E-state index in [1.54, 1.807) is 6.26 Å². The highest BCUT2D eigenvalue weighted by Crippen LogP contribution is 2.32. The van der Waals surface area contributed by atoms with Crippen molar-refractivity contribution in [3.63, 3.8) is 0 Å². The van der Waals surface area contributed by atoms with Gasteiger partial charge in [-0.1, -0.05) is 41.9 Å². The van der Waals surface area contributed by atoms with E-state index in [4.69, 9.17) is 20.8 Å². The van der Waals surface area contributed by atoms with Gasteiger partial charge in [-0.2, -0.15) is 0 Å². The molecule has 0 saturated carbocycles. The van der Waals surface area contributed by atoms with E-state index in [1.165, 1.54) is 0 Å². The average Bonchev–Trinajstić information content (AvgIpc) is 3.02. The first kappa shape index (κ1) is 19.1. The molecule has 0 saturated heterocycles. The molecule has 3 aromatic rings. The minimum Gasteiger partial charge on any atom is -1.00 e. The lowest BCUT2D eigenvalue weighted by Crippen LogP contribution is -3.00. The number of quaternary nitrogens is 1. The molecule has 0 bridgehead atoms. The highest BCUT2D eigenvalue weighted by molar-refractivity contribution is 6.37. The van der Waals surface area contributed by atoms with E-state index >= 15 is 0 Å². The van der Waals surface area contributed by atoms with E-state index in [0.29, 0.717) is 11.6 Å². The number of likely N-dealkylation sites (N-methyl/N-ethyl adjacent to an activating group) is 1. The third-order valence-corrected chi connectivity index (χ3v) is 4.34. The Morgan fingerprint density at radius 3 is 2.58 bits per heavy atom. The number of fused-ring (bicyclic) bond motifs is 1. The lowest BCUT2D eigenvalue weighted by molar-refractivity contribution is -0.904. The maximum Gasteiger partial charge on any atom is 0.158 e. The molecule has 3 nitrogen and oxygen atoms in total. The Morgan fingerprint density at radius 2 is 1.83 bits per heavy atom. The van der Waals surface area contributed by atoms with Gasteiger partial charge in [0, 0.05) is 5.39 Å². The van der Waals surface area contributed by atoms with Crippen molar-refractivity contribution in [3.05, 3.63) is 65.6 Å². The van der Waals surface area contributed by atoms with Crippen LogP contribution in [0.5, 0.6) is 5.75 Å². The molecule has 5 heteroatoms. The summed E-state index contributed by atoms with van der Waals surface area (Å²) in [6.07, 6.45) is 1.71. The minimum atomic E-state index is 0. The average molecular weight is 458 g/mol. The second-order valence-electron chi connectivity index (χ2n) is 6.34. The summed E-state index contributed by atoms with van der Waals surface area (Å²) in [7, 11) is 4.32. The van der Waals surface area contributed by atoms with E-state index in [1.807, 2.05) is 48.5 Å². The summed E-state index contributed by atoms with van der Waals surface area (Å²) in [6, 6.07) is 16.0. The molecule has 1 heterocycles. The Kier molecular flexibility index (Phi) is 6.54. The van der Waals surface area contributed by atoms with Crippen molar-refractivity contribution < 1.29 is 37.6 Å². The second-order valence-corrected chi connectivity index (χ2v) is 6.72. The van der Waals surface area contributed by atoms with Gasteiger partial charge in [-0.05, 0) is 23.6 Å². The topological polar surface area (TPSA) is 22.4 Å². The van der Waals surface area contributed by atoms with E-state index < -0.39 is 0 Å². The minimum absolute atomic E-state index is 0. The monoisotopic (exact) mass is 457 g/mol. The zero-order chi connectivity index (χ0) is 16.3. The third-order valence-electron chi connectivity index (χ3n) is 3.95. The smallest absolute Gasteiger partial charge is 0.158 e. The molecule has 0 aliphatic rings. The van der Waals surface area contributed by atoms with Gasteiger partial charge in [-0.3, -0.25) is 0 Å². The molecule has 1 aromatic heterocycles. The van der Waals surface area contributed by atoms with Gasteiger partial charge in [0.1, 0.15) is 25.4 Å². The summed E-state index contributed by atoms with van der Waals surface area (Å²) in [5.41, 5.74) is 0. The number of hydrogen-bond acceptors (Lipinski definition) is 2. The third kappa shape index (κ3) is 4.65. The first-order chi connectivity index (χ1) is 11.1. The summed E-state index contributed by atoms with van der Waals surface area (Å²) >= 11 is 6.46. The van der Waals surface area contributed by atoms with Crippen LogP contribution in [0.4, 0.5) is 0 Å². The molecule has 0 unspecified atom stereocenters. The van der Waals surface area contributed by atoms with Crippen molar-refractivity contribution in [1.29, 1.82) is 0 Å². The summed E-state index contributed by atoms with van der Waals surface area (Å²) < 4.78 is 12.1. The molecule has 2 aromatic carbocycles. The van der Waals surface area contributed by atoms with Crippen molar-refractivity contribution in [1.82, 2.24) is 0 Å². The van der Waals surface area contributed by atoms with E-state index in [9.17, 15) is 0 Å². The van der Waals surface area contributed by atoms with Crippen LogP contribution < -0.4 is 28.7 Å². The van der Waals surface area contributed by atoms with Crippen LogP contribution in [0.15, 0.2) is 59.2 Å². The first-order valence-corrected chi connectivity index (χ1v) is 8.07. The van der Waals surface area contributed by atoms with Crippen LogP contribution in [0.25, 0.3) is 10.8 Å². The van der Waals surface area contributed by atoms with Crippen molar-refractivity contribution in [2.75, 3.05) is 27.2 Å². The molecular weight excluding hydrogens is 437 g/mol. The molecule has 0 fully saturated rings. The number of halogens is 2. The van der Waals surface area contributed by atoms with E-state index in [0.717, 1.165) is 39.9 Å². The number of hydrogen-bond donors (Lipinski definition) is 0. The zero-order valence-corrected chi connectivity index (χ0v) is 16.8. The SMILES string of the molecule is C[N+](C)(CCOc1ccc2ccccc2c1Cl)Cc1ccco1.[I-]. The number of rotatable bonds is 6. The molecule has 0 N–H and O–H groups in total. The van der Waals surface area contributed by atoms with Crippen molar-refractivity contribution in [2.24, 2.45) is 0 Å². The summed E-state index contributed by atoms with van der Waals surface area (Å²) in [5, 5.41) is 2.83. The second kappa shape index (κ2) is 8.23. The van der Waals surface area contributed by atoms with Crippen LogP contribution in [-0.4, -0.2) is 31.7 Å². The first-order valence-electron chi connectivity index (χ1n) is 7.70. The maximum atomic E-state index is 6.46. The fourth-order valence-electron chi connectivity index (χ4n) is 2.63. The van der Waals surface area contributed by atoms with Crippen molar-refractivity contribution in [3.8, 4) is 5.75 Å². The van der Waals surface area contributed by atoms with Gasteiger partial charge >= 0.3 is 0 Å². The predicted molar refractivity (Wildman–Crippen MR) is 93.8 cm³/mol. The Bertz CT molecular complexity index is 787. The van der Waals surface area contributed by atoms with E-state index in [-0.39, 0.29) is 24.0 Å². The fourth-order valence-corrected chi connectivity index (χ4v) is 2.92. The standard InChI is InChI=1S/C19H21ClNO2.HI/c1-21(2,14-16-7-5-12-22-16)11-13-23-18-10-9-15-6-3-4-8-17(15)19(18)20;/h3-10,12H,11,13-14H2,1-2H3;1H/q+1;/p-1. The van der Waals surface area contributed by atoms with Gasteiger partial charge in [0.15, 0.2) is 5.76 Å². The summed E-state index contributed by atoms with van der Waals surface area (Å²) in [5.74, 6) is 1.72. The van der Waals surface area contributed by atoms with Crippen LogP contribution in [-0.2, 0) is 6.54 Å². The Labute approximate surface area is 164 Å². The fraction of sp³-hybridized carbons (Fsp3) is 0.263. The van der Waals surface area contributed by atoms with Gasteiger partial charge in [0.25, 0.3) is 0 Å². The van der Waals surface area contributed by atoms with Gasteiger partial charge in [0.05, 0.1) is 25.4 Å². The number of furan rings is 1. The van der Waals surface area contributed by atoms with Crippen LogP contribution in [0, 0.1) is 0 Å². The molecule has 0 amide bonds. The molecule has 0 spiro atoms. The molecule has 3 rings (SSSR count). The van der Waals surface area contributed by atoms with Crippen molar-refractivity contribution >= 4 is 22.4 Å².